The molecule has 0 aliphatic heterocycles. The number of carbonyl (C=O) groups excluding carboxylic acids is 2. The van der Waals surface area contributed by atoms with Gasteiger partial charge in [0.1, 0.15) is 0 Å². The number of rotatable bonds is 10. The Labute approximate surface area is 246 Å². The number of aliphatic carboxylic acids is 2. The Balaban J connectivity index is 0.000000282. The second-order valence-electron chi connectivity index (χ2n) is 9.61. The van der Waals surface area contributed by atoms with Crippen LogP contribution in [0.25, 0.3) is 0 Å². The Morgan fingerprint density at radius 1 is 0.791 bits per heavy atom. The van der Waals surface area contributed by atoms with Crippen LogP contribution in [-0.4, -0.2) is 60.7 Å². The molecular weight excluding hydrogens is 584 g/mol. The van der Waals surface area contributed by atoms with Crippen molar-refractivity contribution in [3.8, 4) is 0 Å². The van der Waals surface area contributed by atoms with E-state index in [0.29, 0.717) is 4.90 Å². The van der Waals surface area contributed by atoms with Gasteiger partial charge in [-0.15, -0.1) is 0 Å². The minimum Gasteiger partial charge on any atom is -0.478 e. The monoisotopic (exact) mass is 612 g/mol. The van der Waals surface area contributed by atoms with Crippen molar-refractivity contribution in [2.75, 3.05) is 0 Å². The van der Waals surface area contributed by atoms with E-state index in [4.69, 9.17) is 14.3 Å². The first-order valence-corrected chi connectivity index (χ1v) is 14.4. The maximum Gasteiger partial charge on any atom is 0.349 e. The van der Waals surface area contributed by atoms with Crippen molar-refractivity contribution in [3.63, 3.8) is 0 Å². The summed E-state index contributed by atoms with van der Waals surface area (Å²) < 4.78 is 29.3. The maximum atomic E-state index is 12.2. The molecule has 0 heterocycles. The normalized spacial score (nSPS) is 14.9. The number of aryl methyl sites for hydroxylation is 2. The summed E-state index contributed by atoms with van der Waals surface area (Å²) in [6.45, 7) is 3.58. The van der Waals surface area contributed by atoms with Crippen LogP contribution in [0.1, 0.15) is 44.7 Å². The van der Waals surface area contributed by atoms with Gasteiger partial charge in [0.25, 0.3) is 5.69 Å². The third-order valence-corrected chi connectivity index (χ3v) is 8.58. The summed E-state index contributed by atoms with van der Waals surface area (Å²) in [7, 11) is -2.73. The number of carboxylic acids is 2. The molecule has 0 aromatic heterocycles. The zero-order valence-electron chi connectivity index (χ0n) is 23.0. The Morgan fingerprint density at radius 2 is 1.16 bits per heavy atom. The van der Waals surface area contributed by atoms with Gasteiger partial charge in [0.15, 0.2) is 0 Å². The van der Waals surface area contributed by atoms with Crippen molar-refractivity contribution in [2.45, 2.75) is 49.0 Å². The topological polar surface area (TPSA) is 211 Å². The van der Waals surface area contributed by atoms with E-state index < -0.39 is 50.7 Å². The molecule has 1 saturated carbocycles. The number of nitrogens with one attached hydrogen (secondary N) is 1. The van der Waals surface area contributed by atoms with Gasteiger partial charge in [0, 0.05) is 22.3 Å². The highest BCUT2D eigenvalue weighted by molar-refractivity contribution is 7.93. The first-order valence-electron chi connectivity index (χ1n) is 12.7. The first kappa shape index (κ1) is 32.4. The van der Waals surface area contributed by atoms with Crippen LogP contribution >= 0.6 is 0 Å². The molecule has 0 amide bonds. The lowest BCUT2D eigenvalue weighted by Crippen LogP contribution is -2.45. The second-order valence-corrected chi connectivity index (χ2v) is 12.0. The zero-order valence-corrected chi connectivity index (χ0v) is 23.8. The molecule has 3 aromatic rings. The van der Waals surface area contributed by atoms with E-state index in [1.807, 2.05) is 0 Å². The van der Waals surface area contributed by atoms with Gasteiger partial charge in [-0.25, -0.2) is 28.2 Å². The predicted octanol–water partition coefficient (Wildman–Crippen LogP) is 4.39. The van der Waals surface area contributed by atoms with Crippen LogP contribution in [0.2, 0.25) is 0 Å². The number of hydrogen-bond acceptors (Lipinski definition) is 10. The largest absolute Gasteiger partial charge is 0.478 e. The highest BCUT2D eigenvalue weighted by atomic mass is 32.2. The van der Waals surface area contributed by atoms with Crippen molar-refractivity contribution < 1.29 is 48.0 Å². The summed E-state index contributed by atoms with van der Waals surface area (Å²) in [5.41, 5.74) is 1.75. The molecule has 4 rings (SSSR count). The van der Waals surface area contributed by atoms with Gasteiger partial charge in [-0.05, 0) is 63.1 Å². The number of carboxylic acid groups (broad SMARTS) is 2. The molecule has 0 bridgehead atoms. The highest BCUT2D eigenvalue weighted by Gasteiger charge is 2.41. The number of nitro groups is 1. The fourth-order valence-electron chi connectivity index (χ4n) is 3.59. The van der Waals surface area contributed by atoms with Crippen LogP contribution in [-0.2, 0) is 28.8 Å². The fraction of sp³-hybridized carbons (Fsp3) is 0.241. The lowest BCUT2D eigenvalue weighted by atomic mass is 10.1. The van der Waals surface area contributed by atoms with Crippen molar-refractivity contribution in [3.05, 3.63) is 105 Å². The van der Waals surface area contributed by atoms with Crippen molar-refractivity contribution in [1.29, 1.82) is 4.78 Å². The molecule has 0 radical (unpaired) electrons. The van der Waals surface area contributed by atoms with Crippen molar-refractivity contribution in [2.24, 2.45) is 0 Å². The molecule has 0 spiro atoms. The molecule has 13 nitrogen and oxygen atoms in total. The molecular formula is C29H28N2O11S. The van der Waals surface area contributed by atoms with Gasteiger partial charge in [-0.3, -0.25) is 10.1 Å². The van der Waals surface area contributed by atoms with Crippen LogP contribution in [0, 0.1) is 28.7 Å². The average molecular weight is 613 g/mol. The van der Waals surface area contributed by atoms with Crippen LogP contribution in [0.3, 0.4) is 0 Å². The van der Waals surface area contributed by atoms with Gasteiger partial charge < -0.3 is 19.7 Å². The van der Waals surface area contributed by atoms with E-state index in [1.54, 1.807) is 38.1 Å². The summed E-state index contributed by atoms with van der Waals surface area (Å²) in [6.07, 6.45) is -2.81. The number of ether oxygens (including phenoxy) is 2. The molecule has 226 valence electrons. The zero-order chi connectivity index (χ0) is 31.9. The first-order chi connectivity index (χ1) is 20.2. The van der Waals surface area contributed by atoms with Gasteiger partial charge in [-0.1, -0.05) is 35.4 Å². The van der Waals surface area contributed by atoms with E-state index >= 15 is 0 Å². The average Bonchev–Trinajstić information content (AvgIpc) is 3.82. The molecule has 3 N–H and O–H groups in total. The third-order valence-electron chi connectivity index (χ3n) is 6.20. The lowest BCUT2D eigenvalue weighted by molar-refractivity contribution is -0.384. The molecule has 3 aromatic carbocycles. The maximum absolute atomic E-state index is 12.2. The summed E-state index contributed by atoms with van der Waals surface area (Å²) in [6, 6.07) is 17.5. The number of non-ortho nitro benzene ring substituents is 1. The van der Waals surface area contributed by atoms with Gasteiger partial charge >= 0.3 is 23.9 Å². The number of esters is 2. The van der Waals surface area contributed by atoms with E-state index in [1.165, 1.54) is 48.5 Å². The Bertz CT molecular complexity index is 1540. The van der Waals surface area contributed by atoms with Gasteiger partial charge in [-0.2, -0.15) is 0 Å². The molecule has 0 unspecified atom stereocenters. The van der Waals surface area contributed by atoms with Crippen molar-refractivity contribution in [1.82, 2.24) is 0 Å². The predicted molar refractivity (Wildman–Crippen MR) is 151 cm³/mol. The van der Waals surface area contributed by atoms with E-state index in [0.717, 1.165) is 24.0 Å². The molecule has 1 aliphatic rings. The van der Waals surface area contributed by atoms with E-state index in [2.05, 4.69) is 0 Å². The van der Waals surface area contributed by atoms with Crippen LogP contribution in [0.4, 0.5) is 5.69 Å². The summed E-state index contributed by atoms with van der Waals surface area (Å²) >= 11 is 0. The van der Waals surface area contributed by atoms with Crippen LogP contribution < -0.4 is 0 Å². The summed E-state index contributed by atoms with van der Waals surface area (Å²) in [5.74, 6) is -5.62. The molecule has 1 fully saturated rings. The number of benzene rings is 3. The number of carbonyl (C=O) groups is 4. The standard InChI is InChI=1S/C20H18O8.C9H10N2O3S/c1-11-3-7-13(8-4-11)19(25)27-15(17(21)22)16(18(23)24)28-20(26)14-9-5-12(2)6-10-14;10-15(14,9-5-6-9)8-3-1-7(2-4-8)11(12)13/h3-10,15-16H,1-2H3,(H,21,22)(H,23,24);1-4,9-10H,5-6H2/t15-,16-;15-/m00/s1. The van der Waals surface area contributed by atoms with E-state index in [9.17, 15) is 43.7 Å². The third kappa shape index (κ3) is 8.69. The Kier molecular flexibility index (Phi) is 10.3. The minimum atomic E-state index is -2.73. The molecule has 0 saturated heterocycles. The second kappa shape index (κ2) is 13.7. The minimum absolute atomic E-state index is 0.0332. The highest BCUT2D eigenvalue weighted by Crippen LogP contribution is 2.34. The van der Waals surface area contributed by atoms with Crippen molar-refractivity contribution >= 4 is 39.3 Å². The van der Waals surface area contributed by atoms with Crippen LogP contribution in [0.15, 0.2) is 77.7 Å². The number of nitro benzene ring substituents is 1. The fourth-order valence-corrected chi connectivity index (χ4v) is 5.32. The number of hydrogen-bond donors (Lipinski definition) is 3. The Morgan fingerprint density at radius 3 is 1.47 bits per heavy atom. The molecule has 1 aliphatic carbocycles. The SMILES string of the molecule is Cc1ccc(C(=O)O[C@H](C(=O)O)[C@H](OC(=O)c2ccc(C)cc2)C(=O)O)cc1.N=[S@](=O)(c1ccc([N+](=O)[O-])cc1)C1CC1. The lowest BCUT2D eigenvalue weighted by Gasteiger charge is -2.21. The quantitative estimate of drug-likeness (QED) is 0.166. The summed E-state index contributed by atoms with van der Waals surface area (Å²) in [5, 5.41) is 29.0. The Hall–Kier alpha value is -5.11. The van der Waals surface area contributed by atoms with Gasteiger partial charge in [0.2, 0.25) is 12.2 Å². The molecule has 43 heavy (non-hydrogen) atoms. The number of nitrogens with zero attached hydrogens (tertiary/aromatic N) is 1. The molecule has 14 heteroatoms. The molecule has 3 atom stereocenters. The summed E-state index contributed by atoms with van der Waals surface area (Å²) in [4.78, 5) is 57.6. The smallest absolute Gasteiger partial charge is 0.349 e. The van der Waals surface area contributed by atoms with Gasteiger partial charge in [0.05, 0.1) is 25.8 Å². The van der Waals surface area contributed by atoms with Crippen LogP contribution in [0.5, 0.6) is 0 Å². The van der Waals surface area contributed by atoms with E-state index in [-0.39, 0.29) is 22.1 Å².